The molecule has 0 aromatic carbocycles. The SMILES string of the molecule is CCCCOC(=O)CCCCCCCC(CCCC)C(=O)OC1CC(C)(C)NC(C)(C)C1. The molecule has 5 nitrogen and oxygen atoms in total. The van der Waals surface area contributed by atoms with Crippen LogP contribution in [0.4, 0.5) is 0 Å². The summed E-state index contributed by atoms with van der Waals surface area (Å²) in [5.74, 6) is -0.0403. The number of nitrogens with one attached hydrogen (secondary N) is 1. The van der Waals surface area contributed by atoms with E-state index in [4.69, 9.17) is 9.47 Å². The zero-order chi connectivity index (χ0) is 24.0. The average Bonchev–Trinajstić information content (AvgIpc) is 2.67. The van der Waals surface area contributed by atoms with E-state index in [0.717, 1.165) is 83.5 Å². The standard InChI is InChI=1S/C27H51NO4/c1-7-9-16-22(17-14-12-11-13-15-18-24(29)31-19-10-8-2)25(30)32-23-20-26(3,4)28-27(5,6)21-23/h22-23,28H,7-21H2,1-6H3. The lowest BCUT2D eigenvalue weighted by Crippen LogP contribution is -2.59. The molecule has 0 amide bonds. The molecule has 0 aliphatic carbocycles. The normalized spacial score (nSPS) is 18.8. The Morgan fingerprint density at radius 1 is 0.844 bits per heavy atom. The topological polar surface area (TPSA) is 64.6 Å². The van der Waals surface area contributed by atoms with Crippen LogP contribution in [0.1, 0.15) is 131 Å². The summed E-state index contributed by atoms with van der Waals surface area (Å²) in [6.07, 6.45) is 13.5. The quantitative estimate of drug-likeness (QED) is 0.208. The van der Waals surface area contributed by atoms with Crippen molar-refractivity contribution in [1.29, 1.82) is 0 Å². The molecular formula is C27H51NO4. The first kappa shape index (κ1) is 28.9. The van der Waals surface area contributed by atoms with Crippen LogP contribution in [0.3, 0.4) is 0 Å². The van der Waals surface area contributed by atoms with Gasteiger partial charge in [-0.2, -0.15) is 0 Å². The van der Waals surface area contributed by atoms with E-state index in [9.17, 15) is 9.59 Å². The first-order chi connectivity index (χ1) is 15.1. The molecule has 0 spiro atoms. The Bertz CT molecular complexity index is 528. The van der Waals surface area contributed by atoms with Crippen LogP contribution in [0.15, 0.2) is 0 Å². The lowest BCUT2D eigenvalue weighted by atomic mass is 9.81. The lowest BCUT2D eigenvalue weighted by Gasteiger charge is -2.46. The van der Waals surface area contributed by atoms with Crippen molar-refractivity contribution in [1.82, 2.24) is 5.32 Å². The number of hydrogen-bond donors (Lipinski definition) is 1. The highest BCUT2D eigenvalue weighted by Crippen LogP contribution is 2.31. The lowest BCUT2D eigenvalue weighted by molar-refractivity contribution is -0.158. The van der Waals surface area contributed by atoms with Gasteiger partial charge in [-0.3, -0.25) is 9.59 Å². The van der Waals surface area contributed by atoms with Crippen LogP contribution in [0.5, 0.6) is 0 Å². The van der Waals surface area contributed by atoms with E-state index in [1.165, 1.54) is 0 Å². The minimum absolute atomic E-state index is 0.00467. The van der Waals surface area contributed by atoms with E-state index in [1.807, 2.05) is 0 Å². The highest BCUT2D eigenvalue weighted by Gasteiger charge is 2.39. The third kappa shape index (κ3) is 12.8. The van der Waals surface area contributed by atoms with Crippen LogP contribution < -0.4 is 5.32 Å². The van der Waals surface area contributed by atoms with Gasteiger partial charge in [0, 0.05) is 30.3 Å². The Kier molecular flexibility index (Phi) is 13.5. The van der Waals surface area contributed by atoms with Gasteiger partial charge in [-0.05, 0) is 53.4 Å². The number of hydrogen-bond acceptors (Lipinski definition) is 5. The van der Waals surface area contributed by atoms with Crippen molar-refractivity contribution in [2.24, 2.45) is 5.92 Å². The van der Waals surface area contributed by atoms with Crippen LogP contribution in [-0.2, 0) is 19.1 Å². The van der Waals surface area contributed by atoms with Gasteiger partial charge in [0.25, 0.3) is 0 Å². The zero-order valence-electron chi connectivity index (χ0n) is 21.9. The molecule has 1 aliphatic rings. The second-order valence-electron chi connectivity index (χ2n) is 11.1. The Morgan fingerprint density at radius 2 is 1.41 bits per heavy atom. The van der Waals surface area contributed by atoms with Gasteiger partial charge in [-0.25, -0.2) is 0 Å². The third-order valence-corrected chi connectivity index (χ3v) is 6.37. The van der Waals surface area contributed by atoms with Crippen LogP contribution >= 0.6 is 0 Å². The monoisotopic (exact) mass is 453 g/mol. The Labute approximate surface area is 197 Å². The molecule has 5 heteroatoms. The molecule has 188 valence electrons. The molecule has 1 fully saturated rings. The number of ether oxygens (including phenoxy) is 2. The van der Waals surface area contributed by atoms with Gasteiger partial charge >= 0.3 is 11.9 Å². The summed E-state index contributed by atoms with van der Waals surface area (Å²) >= 11 is 0. The van der Waals surface area contributed by atoms with Crippen molar-refractivity contribution < 1.29 is 19.1 Å². The number of piperidine rings is 1. The molecule has 0 aromatic heterocycles. The predicted molar refractivity (Wildman–Crippen MR) is 132 cm³/mol. The smallest absolute Gasteiger partial charge is 0.309 e. The third-order valence-electron chi connectivity index (χ3n) is 6.37. The fourth-order valence-corrected chi connectivity index (χ4v) is 5.00. The maximum Gasteiger partial charge on any atom is 0.309 e. The summed E-state index contributed by atoms with van der Waals surface area (Å²) in [4.78, 5) is 24.6. The van der Waals surface area contributed by atoms with Gasteiger partial charge < -0.3 is 14.8 Å². The molecular weight excluding hydrogens is 402 g/mol. The molecule has 1 unspecified atom stereocenters. The molecule has 0 bridgehead atoms. The molecule has 1 rings (SSSR count). The van der Waals surface area contributed by atoms with Crippen molar-refractivity contribution in [3.8, 4) is 0 Å². The van der Waals surface area contributed by atoms with Gasteiger partial charge in [0.05, 0.1) is 12.5 Å². The maximum absolute atomic E-state index is 13.0. The Hall–Kier alpha value is -1.10. The minimum atomic E-state index is -0.0647. The molecule has 0 saturated carbocycles. The summed E-state index contributed by atoms with van der Waals surface area (Å²) in [6.45, 7) is 13.6. The Balaban J connectivity index is 2.33. The molecule has 1 N–H and O–H groups in total. The molecule has 1 heterocycles. The van der Waals surface area contributed by atoms with E-state index in [1.54, 1.807) is 0 Å². The van der Waals surface area contributed by atoms with Crippen molar-refractivity contribution in [3.05, 3.63) is 0 Å². The summed E-state index contributed by atoms with van der Waals surface area (Å²) in [5.41, 5.74) is -0.0396. The minimum Gasteiger partial charge on any atom is -0.466 e. The van der Waals surface area contributed by atoms with Gasteiger partial charge in [0.15, 0.2) is 0 Å². The summed E-state index contributed by atoms with van der Waals surface area (Å²) in [6, 6.07) is 0. The van der Waals surface area contributed by atoms with Gasteiger partial charge in [0.1, 0.15) is 6.10 Å². The number of rotatable bonds is 16. The second kappa shape index (κ2) is 14.9. The van der Waals surface area contributed by atoms with Crippen molar-refractivity contribution in [2.75, 3.05) is 6.61 Å². The second-order valence-corrected chi connectivity index (χ2v) is 11.1. The highest BCUT2D eigenvalue weighted by atomic mass is 16.5. The first-order valence-electron chi connectivity index (χ1n) is 13.2. The van der Waals surface area contributed by atoms with Crippen LogP contribution in [0.25, 0.3) is 0 Å². The average molecular weight is 454 g/mol. The van der Waals surface area contributed by atoms with E-state index >= 15 is 0 Å². The zero-order valence-corrected chi connectivity index (χ0v) is 21.9. The van der Waals surface area contributed by atoms with Crippen LogP contribution in [-0.4, -0.2) is 35.7 Å². The summed E-state index contributed by atoms with van der Waals surface area (Å²) in [7, 11) is 0. The molecule has 0 radical (unpaired) electrons. The van der Waals surface area contributed by atoms with Gasteiger partial charge in [-0.15, -0.1) is 0 Å². The fraction of sp³-hybridized carbons (Fsp3) is 0.926. The molecule has 32 heavy (non-hydrogen) atoms. The van der Waals surface area contributed by atoms with Crippen molar-refractivity contribution in [3.63, 3.8) is 0 Å². The molecule has 1 atom stereocenters. The van der Waals surface area contributed by atoms with E-state index in [-0.39, 0.29) is 35.0 Å². The summed E-state index contributed by atoms with van der Waals surface area (Å²) < 4.78 is 11.3. The molecule has 1 saturated heterocycles. The summed E-state index contributed by atoms with van der Waals surface area (Å²) in [5, 5.41) is 3.66. The van der Waals surface area contributed by atoms with E-state index < -0.39 is 0 Å². The number of unbranched alkanes of at least 4 members (excludes halogenated alkanes) is 6. The number of esters is 2. The maximum atomic E-state index is 13.0. The van der Waals surface area contributed by atoms with E-state index in [2.05, 4.69) is 46.9 Å². The largest absolute Gasteiger partial charge is 0.466 e. The van der Waals surface area contributed by atoms with Crippen LogP contribution in [0.2, 0.25) is 0 Å². The first-order valence-corrected chi connectivity index (χ1v) is 13.2. The highest BCUT2D eigenvalue weighted by molar-refractivity contribution is 5.72. The van der Waals surface area contributed by atoms with Gasteiger partial charge in [0.2, 0.25) is 0 Å². The number of carbonyl (C=O) groups excluding carboxylic acids is 2. The molecule has 0 aromatic rings. The predicted octanol–water partition coefficient (Wildman–Crippen LogP) is 6.72. The van der Waals surface area contributed by atoms with Crippen molar-refractivity contribution >= 4 is 11.9 Å². The number of carbonyl (C=O) groups is 2. The fourth-order valence-electron chi connectivity index (χ4n) is 5.00. The van der Waals surface area contributed by atoms with Gasteiger partial charge in [-0.1, -0.05) is 58.8 Å². The Morgan fingerprint density at radius 3 is 2.03 bits per heavy atom. The van der Waals surface area contributed by atoms with Crippen LogP contribution in [0, 0.1) is 5.92 Å². The van der Waals surface area contributed by atoms with Crippen molar-refractivity contribution in [2.45, 2.75) is 149 Å². The van der Waals surface area contributed by atoms with E-state index in [0.29, 0.717) is 13.0 Å². The molecule has 1 aliphatic heterocycles.